The molecule has 2 N–H and O–H groups in total. The molecule has 15 heavy (non-hydrogen) atoms. The maximum Gasteiger partial charge on any atom is 0.118 e. The Kier molecular flexibility index (Phi) is 5.51. The van der Waals surface area contributed by atoms with Gasteiger partial charge in [0.1, 0.15) is 5.76 Å². The third kappa shape index (κ3) is 4.10. The van der Waals surface area contributed by atoms with Crippen molar-refractivity contribution in [2.45, 2.75) is 26.2 Å². The van der Waals surface area contributed by atoms with E-state index in [4.69, 9.17) is 22.1 Å². The molecule has 0 heterocycles. The van der Waals surface area contributed by atoms with Crippen molar-refractivity contribution in [2.24, 2.45) is 5.73 Å². The number of hydrogen-bond donors (Lipinski definition) is 1. The van der Waals surface area contributed by atoms with Gasteiger partial charge in [0.05, 0.1) is 11.6 Å². The lowest BCUT2D eigenvalue weighted by atomic mass is 10.2. The van der Waals surface area contributed by atoms with Gasteiger partial charge in [0, 0.05) is 6.42 Å². The number of halogens is 1. The predicted octanol–water partition coefficient (Wildman–Crippen LogP) is 3.10. The number of hydrogen-bond acceptors (Lipinski definition) is 2. The molecule has 0 fully saturated rings. The third-order valence-corrected chi connectivity index (χ3v) is 2.57. The summed E-state index contributed by atoms with van der Waals surface area (Å²) in [4.78, 5) is 0. The van der Waals surface area contributed by atoms with E-state index in [0.717, 1.165) is 25.0 Å². The first kappa shape index (κ1) is 12.3. The molecule has 0 aliphatic heterocycles. The van der Waals surface area contributed by atoms with Gasteiger partial charge in [-0.15, -0.1) is 0 Å². The van der Waals surface area contributed by atoms with E-state index in [2.05, 4.69) is 19.1 Å². The van der Waals surface area contributed by atoms with E-state index in [-0.39, 0.29) is 0 Å². The first-order valence-electron chi connectivity index (χ1n) is 5.36. The fraction of sp³-hybridized carbons (Fsp3) is 0.500. The summed E-state index contributed by atoms with van der Waals surface area (Å²) in [5.41, 5.74) is 6.63. The lowest BCUT2D eigenvalue weighted by Crippen LogP contribution is -2.04. The number of nitrogens with two attached hydrogens (primary N) is 1. The van der Waals surface area contributed by atoms with E-state index in [1.807, 2.05) is 6.08 Å². The molecule has 0 aromatic heterocycles. The van der Waals surface area contributed by atoms with Gasteiger partial charge in [-0.1, -0.05) is 30.7 Å². The van der Waals surface area contributed by atoms with Gasteiger partial charge in [-0.25, -0.2) is 0 Å². The van der Waals surface area contributed by atoms with Crippen molar-refractivity contribution in [1.82, 2.24) is 0 Å². The molecule has 1 aliphatic carbocycles. The molecule has 84 valence electrons. The van der Waals surface area contributed by atoms with Gasteiger partial charge >= 0.3 is 0 Å². The van der Waals surface area contributed by atoms with Crippen LogP contribution in [0.1, 0.15) is 26.2 Å². The van der Waals surface area contributed by atoms with Crippen LogP contribution in [0.25, 0.3) is 0 Å². The van der Waals surface area contributed by atoms with E-state index in [0.29, 0.717) is 18.2 Å². The Labute approximate surface area is 96.4 Å². The molecular formula is C12H18ClNO. The Morgan fingerprint density at radius 3 is 3.00 bits per heavy atom. The molecule has 0 saturated carbocycles. The van der Waals surface area contributed by atoms with Crippen LogP contribution in [-0.2, 0) is 4.74 Å². The normalized spacial score (nSPS) is 16.3. The minimum atomic E-state index is 0.644. The molecule has 3 heteroatoms. The highest BCUT2D eigenvalue weighted by Crippen LogP contribution is 2.23. The first-order chi connectivity index (χ1) is 7.27. The average Bonchev–Trinajstić information content (AvgIpc) is 2.41. The summed E-state index contributed by atoms with van der Waals surface area (Å²) in [6.45, 7) is 3.41. The molecule has 2 nitrogen and oxygen atoms in total. The maximum atomic E-state index is 6.15. The lowest BCUT2D eigenvalue weighted by Gasteiger charge is -2.08. The van der Waals surface area contributed by atoms with Crippen LogP contribution in [0.4, 0.5) is 0 Å². The fourth-order valence-electron chi connectivity index (χ4n) is 1.33. The van der Waals surface area contributed by atoms with Crippen molar-refractivity contribution in [3.8, 4) is 0 Å². The smallest absolute Gasteiger partial charge is 0.118 e. The quantitative estimate of drug-likeness (QED) is 0.733. The summed E-state index contributed by atoms with van der Waals surface area (Å²) < 4.78 is 5.58. The summed E-state index contributed by atoms with van der Waals surface area (Å²) >= 11 is 6.15. The highest BCUT2D eigenvalue weighted by molar-refractivity contribution is 6.31. The van der Waals surface area contributed by atoms with Gasteiger partial charge in [0.2, 0.25) is 0 Å². The Hall–Kier alpha value is -0.730. The zero-order valence-corrected chi connectivity index (χ0v) is 9.89. The standard InChI is InChI=1S/C12H18ClNO/c1-2-10-5-3-6-12(11(13)9-10)15-8-4-7-14/h3,5,9H,2,4,6-8,14H2,1H3. The van der Waals surface area contributed by atoms with E-state index >= 15 is 0 Å². The van der Waals surface area contributed by atoms with Crippen molar-refractivity contribution in [2.75, 3.05) is 13.2 Å². The second kappa shape index (κ2) is 6.70. The molecule has 0 amide bonds. The average molecular weight is 228 g/mol. The van der Waals surface area contributed by atoms with Crippen LogP contribution >= 0.6 is 11.6 Å². The molecule has 0 aromatic carbocycles. The van der Waals surface area contributed by atoms with E-state index in [1.165, 1.54) is 5.57 Å². The van der Waals surface area contributed by atoms with Crippen LogP contribution in [0.15, 0.2) is 34.6 Å². The molecule has 0 spiro atoms. The first-order valence-corrected chi connectivity index (χ1v) is 5.74. The summed E-state index contributed by atoms with van der Waals surface area (Å²) in [6, 6.07) is 0. The van der Waals surface area contributed by atoms with Crippen LogP contribution in [0, 0.1) is 0 Å². The zero-order valence-electron chi connectivity index (χ0n) is 9.13. The van der Waals surface area contributed by atoms with E-state index in [9.17, 15) is 0 Å². The number of allylic oxidation sites excluding steroid dienone is 5. The maximum absolute atomic E-state index is 6.15. The Morgan fingerprint density at radius 1 is 1.53 bits per heavy atom. The number of rotatable bonds is 5. The van der Waals surface area contributed by atoms with Crippen LogP contribution in [0.5, 0.6) is 0 Å². The summed E-state index contributed by atoms with van der Waals surface area (Å²) in [5.74, 6) is 0.852. The van der Waals surface area contributed by atoms with Gasteiger partial charge in [0.25, 0.3) is 0 Å². The van der Waals surface area contributed by atoms with Crippen molar-refractivity contribution in [3.05, 3.63) is 34.6 Å². The van der Waals surface area contributed by atoms with Crippen LogP contribution in [-0.4, -0.2) is 13.2 Å². The monoisotopic (exact) mass is 227 g/mol. The zero-order chi connectivity index (χ0) is 11.1. The molecule has 0 unspecified atom stereocenters. The minimum absolute atomic E-state index is 0.644. The second-order valence-corrected chi connectivity index (χ2v) is 3.85. The SMILES string of the molecule is CCC1=CC(Cl)=C(OCCCN)CC=C1. The van der Waals surface area contributed by atoms with Crippen molar-refractivity contribution in [1.29, 1.82) is 0 Å². The predicted molar refractivity (Wildman–Crippen MR) is 64.6 cm³/mol. The molecule has 0 radical (unpaired) electrons. The van der Waals surface area contributed by atoms with E-state index in [1.54, 1.807) is 0 Å². The lowest BCUT2D eigenvalue weighted by molar-refractivity contribution is 0.205. The molecule has 1 rings (SSSR count). The number of ether oxygens (including phenoxy) is 1. The van der Waals surface area contributed by atoms with Crippen LogP contribution in [0.2, 0.25) is 0 Å². The van der Waals surface area contributed by atoms with Gasteiger partial charge in [-0.2, -0.15) is 0 Å². The van der Waals surface area contributed by atoms with Gasteiger partial charge in [-0.3, -0.25) is 0 Å². The Morgan fingerprint density at radius 2 is 2.33 bits per heavy atom. The van der Waals surface area contributed by atoms with Gasteiger partial charge < -0.3 is 10.5 Å². The minimum Gasteiger partial charge on any atom is -0.496 e. The Balaban J connectivity index is 2.62. The highest BCUT2D eigenvalue weighted by atomic mass is 35.5. The molecule has 1 aliphatic rings. The molecule has 0 atom stereocenters. The fourth-order valence-corrected chi connectivity index (χ4v) is 1.60. The van der Waals surface area contributed by atoms with Crippen molar-refractivity contribution >= 4 is 11.6 Å². The van der Waals surface area contributed by atoms with Crippen molar-refractivity contribution < 1.29 is 4.74 Å². The summed E-state index contributed by atoms with van der Waals surface area (Å²) in [6.07, 6.45) is 8.78. The highest BCUT2D eigenvalue weighted by Gasteiger charge is 2.06. The van der Waals surface area contributed by atoms with Gasteiger partial charge in [-0.05, 0) is 31.0 Å². The molecular weight excluding hydrogens is 210 g/mol. The molecule has 0 aromatic rings. The summed E-state index contributed by atoms with van der Waals surface area (Å²) in [5, 5.41) is 0.717. The topological polar surface area (TPSA) is 35.2 Å². The summed E-state index contributed by atoms with van der Waals surface area (Å²) in [7, 11) is 0. The molecule has 0 saturated heterocycles. The van der Waals surface area contributed by atoms with E-state index < -0.39 is 0 Å². The third-order valence-electron chi connectivity index (χ3n) is 2.25. The molecule has 0 bridgehead atoms. The van der Waals surface area contributed by atoms with Crippen LogP contribution in [0.3, 0.4) is 0 Å². The van der Waals surface area contributed by atoms with Crippen molar-refractivity contribution in [3.63, 3.8) is 0 Å². The van der Waals surface area contributed by atoms with Gasteiger partial charge in [0.15, 0.2) is 0 Å². The Bertz CT molecular complexity index is 292. The largest absolute Gasteiger partial charge is 0.496 e. The van der Waals surface area contributed by atoms with Crippen LogP contribution < -0.4 is 5.73 Å². The second-order valence-electron chi connectivity index (χ2n) is 3.44.